The van der Waals surface area contributed by atoms with Crippen molar-refractivity contribution in [3.63, 3.8) is 0 Å². The molecule has 1 fully saturated rings. The van der Waals surface area contributed by atoms with Gasteiger partial charge in [-0.05, 0) is 31.9 Å². The largest absolute Gasteiger partial charge is 0.368 e. The number of fused-ring (bicyclic) bond motifs is 1. The van der Waals surface area contributed by atoms with Crippen molar-refractivity contribution in [2.75, 3.05) is 11.4 Å². The van der Waals surface area contributed by atoms with E-state index in [1.54, 1.807) is 0 Å². The summed E-state index contributed by atoms with van der Waals surface area (Å²) in [5.41, 5.74) is 2.04. The van der Waals surface area contributed by atoms with Crippen LogP contribution in [0.2, 0.25) is 0 Å². The van der Waals surface area contributed by atoms with Crippen molar-refractivity contribution in [3.05, 3.63) is 42.0 Å². The van der Waals surface area contributed by atoms with Gasteiger partial charge < -0.3 is 4.90 Å². The lowest BCUT2D eigenvalue weighted by atomic mass is 10.0. The fraction of sp³-hybridized carbons (Fsp3) is 0.312. The number of nitriles is 1. The van der Waals surface area contributed by atoms with Crippen molar-refractivity contribution in [3.8, 4) is 6.07 Å². The summed E-state index contributed by atoms with van der Waals surface area (Å²) in [6.45, 7) is 3.40. The van der Waals surface area contributed by atoms with Crippen LogP contribution in [0.4, 0.5) is 5.69 Å². The average Bonchev–Trinajstić information content (AvgIpc) is 2.83. The molecule has 18 heavy (non-hydrogen) atoms. The minimum Gasteiger partial charge on any atom is -0.368 e. The van der Waals surface area contributed by atoms with Gasteiger partial charge in [0.05, 0.1) is 11.6 Å². The minimum absolute atomic E-state index is 0.598. The highest BCUT2D eigenvalue weighted by atomic mass is 15.2. The van der Waals surface area contributed by atoms with Gasteiger partial charge in [0.2, 0.25) is 0 Å². The zero-order chi connectivity index (χ0) is 12.5. The van der Waals surface area contributed by atoms with Gasteiger partial charge >= 0.3 is 0 Å². The molecule has 0 saturated carbocycles. The molecule has 0 radical (unpaired) electrons. The van der Waals surface area contributed by atoms with E-state index in [1.165, 1.54) is 23.9 Å². The predicted octanol–water partition coefficient (Wildman–Crippen LogP) is 3.70. The number of hydrogen-bond acceptors (Lipinski definition) is 2. The standard InChI is InChI=1S/C16H16N2/c1-12-5-4-10-18(12)16-9-8-13(11-17)14-6-2-3-7-15(14)16/h2-3,6-9,12H,4-5,10H2,1H3/t12-/m1/s1. The maximum absolute atomic E-state index is 9.18. The van der Waals surface area contributed by atoms with Crippen LogP contribution in [0.15, 0.2) is 36.4 Å². The monoisotopic (exact) mass is 236 g/mol. The third-order valence-electron chi connectivity index (χ3n) is 3.88. The van der Waals surface area contributed by atoms with E-state index in [0.717, 1.165) is 17.5 Å². The molecule has 0 bridgehead atoms. The molecule has 0 N–H and O–H groups in total. The predicted molar refractivity (Wildman–Crippen MR) is 74.7 cm³/mol. The smallest absolute Gasteiger partial charge is 0.0998 e. The van der Waals surface area contributed by atoms with Gasteiger partial charge in [-0.1, -0.05) is 24.3 Å². The van der Waals surface area contributed by atoms with E-state index in [0.29, 0.717) is 6.04 Å². The maximum atomic E-state index is 9.18. The van der Waals surface area contributed by atoms with Gasteiger partial charge in [-0.25, -0.2) is 0 Å². The van der Waals surface area contributed by atoms with Gasteiger partial charge in [-0.3, -0.25) is 0 Å². The third-order valence-corrected chi connectivity index (χ3v) is 3.88. The number of anilines is 1. The summed E-state index contributed by atoms with van der Waals surface area (Å²) < 4.78 is 0. The van der Waals surface area contributed by atoms with Gasteiger partial charge in [0.1, 0.15) is 0 Å². The van der Waals surface area contributed by atoms with Crippen LogP contribution in [0.1, 0.15) is 25.3 Å². The second kappa shape index (κ2) is 4.34. The van der Waals surface area contributed by atoms with Crippen molar-refractivity contribution in [2.45, 2.75) is 25.8 Å². The average molecular weight is 236 g/mol. The van der Waals surface area contributed by atoms with Crippen LogP contribution in [0.25, 0.3) is 10.8 Å². The Bertz CT molecular complexity index is 625. The molecule has 3 rings (SSSR count). The lowest BCUT2D eigenvalue weighted by Gasteiger charge is -2.25. The summed E-state index contributed by atoms with van der Waals surface area (Å²) >= 11 is 0. The van der Waals surface area contributed by atoms with Crippen molar-refractivity contribution < 1.29 is 0 Å². The van der Waals surface area contributed by atoms with E-state index in [2.05, 4.69) is 30.0 Å². The molecule has 0 aromatic heterocycles. The van der Waals surface area contributed by atoms with E-state index in [4.69, 9.17) is 0 Å². The summed E-state index contributed by atoms with van der Waals surface area (Å²) in [4.78, 5) is 2.46. The Hall–Kier alpha value is -2.01. The van der Waals surface area contributed by atoms with Crippen LogP contribution < -0.4 is 4.90 Å². The Morgan fingerprint density at radius 3 is 2.61 bits per heavy atom. The van der Waals surface area contributed by atoms with Gasteiger partial charge in [0.15, 0.2) is 0 Å². The third kappa shape index (κ3) is 1.64. The zero-order valence-electron chi connectivity index (χ0n) is 10.6. The molecule has 0 aliphatic carbocycles. The molecular formula is C16H16N2. The molecule has 2 aromatic carbocycles. The zero-order valence-corrected chi connectivity index (χ0v) is 10.6. The van der Waals surface area contributed by atoms with Crippen LogP contribution >= 0.6 is 0 Å². The fourth-order valence-electron chi connectivity index (χ4n) is 2.92. The van der Waals surface area contributed by atoms with Crippen molar-refractivity contribution in [1.29, 1.82) is 5.26 Å². The molecule has 2 heteroatoms. The van der Waals surface area contributed by atoms with Gasteiger partial charge in [0, 0.05) is 29.0 Å². The molecule has 1 aliphatic heterocycles. The van der Waals surface area contributed by atoms with Crippen LogP contribution in [0, 0.1) is 11.3 Å². The van der Waals surface area contributed by atoms with Crippen molar-refractivity contribution in [1.82, 2.24) is 0 Å². The highest BCUT2D eigenvalue weighted by Crippen LogP contribution is 2.33. The first-order valence-electron chi connectivity index (χ1n) is 6.50. The topological polar surface area (TPSA) is 27.0 Å². The van der Waals surface area contributed by atoms with Crippen LogP contribution in [-0.2, 0) is 0 Å². The van der Waals surface area contributed by atoms with Gasteiger partial charge in [-0.2, -0.15) is 5.26 Å². The Labute approximate surface area is 107 Å². The summed E-state index contributed by atoms with van der Waals surface area (Å²) in [6, 6.07) is 15.1. The summed E-state index contributed by atoms with van der Waals surface area (Å²) in [5, 5.41) is 11.4. The number of hydrogen-bond donors (Lipinski definition) is 0. The normalized spacial score (nSPS) is 19.1. The van der Waals surface area contributed by atoms with Crippen LogP contribution in [0.3, 0.4) is 0 Å². The fourth-order valence-corrected chi connectivity index (χ4v) is 2.92. The molecule has 1 atom stereocenters. The summed E-state index contributed by atoms with van der Waals surface area (Å²) in [5.74, 6) is 0. The first-order valence-corrected chi connectivity index (χ1v) is 6.50. The second-order valence-corrected chi connectivity index (χ2v) is 4.97. The highest BCUT2D eigenvalue weighted by Gasteiger charge is 2.22. The number of rotatable bonds is 1. The van der Waals surface area contributed by atoms with E-state index < -0.39 is 0 Å². The van der Waals surface area contributed by atoms with Crippen molar-refractivity contribution >= 4 is 16.5 Å². The number of benzene rings is 2. The minimum atomic E-state index is 0.598. The lowest BCUT2D eigenvalue weighted by Crippen LogP contribution is -2.26. The lowest BCUT2D eigenvalue weighted by molar-refractivity contribution is 0.737. The Kier molecular flexibility index (Phi) is 2.68. The van der Waals surface area contributed by atoms with E-state index in [1.807, 2.05) is 24.3 Å². The summed E-state index contributed by atoms with van der Waals surface area (Å²) in [6.07, 6.45) is 2.52. The molecule has 0 unspecified atom stereocenters. The van der Waals surface area contributed by atoms with Crippen LogP contribution in [0.5, 0.6) is 0 Å². The Morgan fingerprint density at radius 2 is 1.94 bits per heavy atom. The van der Waals surface area contributed by atoms with E-state index in [9.17, 15) is 5.26 Å². The maximum Gasteiger partial charge on any atom is 0.0998 e. The summed E-state index contributed by atoms with van der Waals surface area (Å²) in [7, 11) is 0. The molecule has 0 amide bonds. The first kappa shape index (κ1) is 11.1. The molecule has 1 heterocycles. The molecular weight excluding hydrogens is 220 g/mol. The van der Waals surface area contributed by atoms with E-state index >= 15 is 0 Å². The second-order valence-electron chi connectivity index (χ2n) is 4.97. The van der Waals surface area contributed by atoms with Gasteiger partial charge in [0.25, 0.3) is 0 Å². The Balaban J connectivity index is 2.22. The van der Waals surface area contributed by atoms with Gasteiger partial charge in [-0.15, -0.1) is 0 Å². The quantitative estimate of drug-likeness (QED) is 0.755. The SMILES string of the molecule is C[C@@H]1CCCN1c1ccc(C#N)c2ccccc12. The van der Waals surface area contributed by atoms with E-state index in [-0.39, 0.29) is 0 Å². The number of nitrogens with zero attached hydrogens (tertiary/aromatic N) is 2. The Morgan fingerprint density at radius 1 is 1.17 bits per heavy atom. The first-order chi connectivity index (χ1) is 8.81. The molecule has 0 spiro atoms. The van der Waals surface area contributed by atoms with Crippen LogP contribution in [-0.4, -0.2) is 12.6 Å². The molecule has 2 aromatic rings. The van der Waals surface area contributed by atoms with Crippen molar-refractivity contribution in [2.24, 2.45) is 0 Å². The molecule has 1 aliphatic rings. The highest BCUT2D eigenvalue weighted by molar-refractivity contribution is 5.98. The molecule has 90 valence electrons. The molecule has 2 nitrogen and oxygen atoms in total. The molecule has 1 saturated heterocycles.